The molecule has 0 aromatic heterocycles. The number of rotatable bonds is 2. The second kappa shape index (κ2) is 7.41. The van der Waals surface area contributed by atoms with Crippen LogP contribution in [0.1, 0.15) is 30.4 Å². The molecule has 0 aliphatic carbocycles. The second-order valence-electron chi connectivity index (χ2n) is 7.31. The fourth-order valence-corrected chi connectivity index (χ4v) is 6.91. The number of hydrazone groups is 1. The average Bonchev–Trinajstić information content (AvgIpc) is 3.39. The minimum absolute atomic E-state index is 0.0970. The fraction of sp³-hybridized carbons (Fsp3) is 0.333. The van der Waals surface area contributed by atoms with Gasteiger partial charge in [0.1, 0.15) is 21.5 Å². The summed E-state index contributed by atoms with van der Waals surface area (Å²) in [6.45, 7) is 0.798. The van der Waals surface area contributed by atoms with Crippen LogP contribution < -0.4 is 5.32 Å². The summed E-state index contributed by atoms with van der Waals surface area (Å²) in [5, 5.41) is 9.72. The summed E-state index contributed by atoms with van der Waals surface area (Å²) in [5.74, 6) is -0.357. The van der Waals surface area contributed by atoms with Gasteiger partial charge in [-0.15, -0.1) is 11.8 Å². The van der Waals surface area contributed by atoms with Gasteiger partial charge >= 0.3 is 0 Å². The molecule has 1 saturated heterocycles. The lowest BCUT2D eigenvalue weighted by atomic mass is 10.0. The Morgan fingerprint density at radius 3 is 2.93 bits per heavy atom. The molecule has 2 atom stereocenters. The van der Waals surface area contributed by atoms with Gasteiger partial charge in [0.25, 0.3) is 5.91 Å². The minimum Gasteiger partial charge on any atom is -0.306 e. The monoisotopic (exact) mass is 431 g/mol. The number of benzene rings is 2. The Morgan fingerprint density at radius 2 is 2.10 bits per heavy atom. The third kappa shape index (κ3) is 3.17. The molecule has 0 radical (unpaired) electrons. The number of halogens is 2. The van der Waals surface area contributed by atoms with Crippen LogP contribution in [0.5, 0.6) is 0 Å². The van der Waals surface area contributed by atoms with Crippen molar-refractivity contribution in [2.45, 2.75) is 35.1 Å². The van der Waals surface area contributed by atoms with Crippen LogP contribution in [-0.4, -0.2) is 34.3 Å². The summed E-state index contributed by atoms with van der Waals surface area (Å²) in [6.07, 6.45) is 2.37. The standard InChI is InChI=1S/C21H19F2N3OS2/c22-13-7-8-16(23)14(12-13)19-25-26(20(27)17-5-3-10-24-17)21(29-19)9-11-28-18-6-2-1-4-15(18)21/h1-2,4,6-8,12,17,24H,3,5,9-11H2. The van der Waals surface area contributed by atoms with Crippen LogP contribution in [0.4, 0.5) is 8.78 Å². The normalized spacial score (nSPS) is 25.9. The summed E-state index contributed by atoms with van der Waals surface area (Å²) in [7, 11) is 0. The predicted molar refractivity (Wildman–Crippen MR) is 112 cm³/mol. The topological polar surface area (TPSA) is 44.7 Å². The van der Waals surface area contributed by atoms with E-state index in [4.69, 9.17) is 0 Å². The van der Waals surface area contributed by atoms with Crippen molar-refractivity contribution in [3.8, 4) is 0 Å². The highest BCUT2D eigenvalue weighted by molar-refractivity contribution is 8.15. The summed E-state index contributed by atoms with van der Waals surface area (Å²) < 4.78 is 28.4. The SMILES string of the molecule is O=C(C1CCCN1)N1N=C(c2cc(F)ccc2F)SC12CCSc1ccccc12. The maximum absolute atomic E-state index is 14.5. The molecule has 1 N–H and O–H groups in total. The van der Waals surface area contributed by atoms with Crippen molar-refractivity contribution in [3.05, 3.63) is 65.2 Å². The van der Waals surface area contributed by atoms with E-state index in [1.54, 1.807) is 16.8 Å². The minimum atomic E-state index is -0.739. The highest BCUT2D eigenvalue weighted by atomic mass is 32.2. The average molecular weight is 432 g/mol. The lowest BCUT2D eigenvalue weighted by molar-refractivity contribution is -0.136. The Balaban J connectivity index is 1.63. The molecule has 1 spiro atoms. The summed E-state index contributed by atoms with van der Waals surface area (Å²) in [4.78, 5) is 13.8. The van der Waals surface area contributed by atoms with E-state index in [2.05, 4.69) is 10.4 Å². The predicted octanol–water partition coefficient (Wildman–Crippen LogP) is 4.30. The Labute approximate surface area is 176 Å². The Kier molecular flexibility index (Phi) is 4.88. The van der Waals surface area contributed by atoms with E-state index in [0.717, 1.165) is 53.8 Å². The molecule has 1 amide bonds. The van der Waals surface area contributed by atoms with E-state index < -0.39 is 16.5 Å². The van der Waals surface area contributed by atoms with Crippen LogP contribution in [-0.2, 0) is 9.67 Å². The van der Waals surface area contributed by atoms with Crippen molar-refractivity contribution in [2.24, 2.45) is 5.10 Å². The van der Waals surface area contributed by atoms with Gasteiger partial charge in [-0.3, -0.25) is 4.79 Å². The number of hydrogen-bond acceptors (Lipinski definition) is 5. The first-order chi connectivity index (χ1) is 14.1. The molecule has 5 rings (SSSR count). The zero-order chi connectivity index (χ0) is 20.0. The number of thioether (sulfide) groups is 2. The number of amides is 1. The van der Waals surface area contributed by atoms with Crippen LogP contribution in [0.15, 0.2) is 52.5 Å². The summed E-state index contributed by atoms with van der Waals surface area (Å²) in [6, 6.07) is 11.0. The molecule has 2 unspecified atom stereocenters. The van der Waals surface area contributed by atoms with Gasteiger partial charge in [0.15, 0.2) is 0 Å². The van der Waals surface area contributed by atoms with Crippen molar-refractivity contribution in [1.29, 1.82) is 0 Å². The molecular formula is C21H19F2N3OS2. The van der Waals surface area contributed by atoms with E-state index in [9.17, 15) is 13.6 Å². The number of fused-ring (bicyclic) bond motifs is 2. The Hall–Kier alpha value is -1.90. The van der Waals surface area contributed by atoms with Crippen LogP contribution in [0.25, 0.3) is 0 Å². The molecule has 150 valence electrons. The van der Waals surface area contributed by atoms with E-state index in [1.165, 1.54) is 11.8 Å². The van der Waals surface area contributed by atoms with Crippen molar-refractivity contribution < 1.29 is 13.6 Å². The Morgan fingerprint density at radius 1 is 1.24 bits per heavy atom. The third-order valence-electron chi connectivity index (χ3n) is 5.53. The smallest absolute Gasteiger partial charge is 0.261 e. The van der Waals surface area contributed by atoms with E-state index in [1.807, 2.05) is 24.3 Å². The van der Waals surface area contributed by atoms with E-state index >= 15 is 0 Å². The molecule has 3 aliphatic heterocycles. The summed E-state index contributed by atoms with van der Waals surface area (Å²) in [5.41, 5.74) is 1.10. The highest BCUT2D eigenvalue weighted by Gasteiger charge is 2.52. The molecule has 2 aromatic rings. The Bertz CT molecular complexity index is 1010. The quantitative estimate of drug-likeness (QED) is 0.770. The van der Waals surface area contributed by atoms with Crippen LogP contribution >= 0.6 is 23.5 Å². The fourth-order valence-electron chi connectivity index (χ4n) is 4.11. The van der Waals surface area contributed by atoms with Crippen LogP contribution in [0.3, 0.4) is 0 Å². The first kappa shape index (κ1) is 19.1. The maximum atomic E-state index is 14.5. The summed E-state index contributed by atoms with van der Waals surface area (Å²) >= 11 is 3.10. The lowest BCUT2D eigenvalue weighted by Gasteiger charge is -2.40. The second-order valence-corrected chi connectivity index (χ2v) is 9.71. The van der Waals surface area contributed by atoms with Gasteiger partial charge in [0.05, 0.1) is 6.04 Å². The van der Waals surface area contributed by atoms with Crippen LogP contribution in [0.2, 0.25) is 0 Å². The number of carbonyl (C=O) groups excluding carboxylic acids is 1. The molecule has 3 aliphatic rings. The van der Waals surface area contributed by atoms with Crippen molar-refractivity contribution in [2.75, 3.05) is 12.3 Å². The molecule has 29 heavy (non-hydrogen) atoms. The van der Waals surface area contributed by atoms with E-state index in [-0.39, 0.29) is 17.5 Å². The van der Waals surface area contributed by atoms with Crippen molar-refractivity contribution in [3.63, 3.8) is 0 Å². The van der Waals surface area contributed by atoms with Crippen LogP contribution in [0, 0.1) is 11.6 Å². The molecule has 1 fully saturated rings. The molecule has 4 nitrogen and oxygen atoms in total. The third-order valence-corrected chi connectivity index (χ3v) is 8.04. The zero-order valence-corrected chi connectivity index (χ0v) is 17.2. The lowest BCUT2D eigenvalue weighted by Crippen LogP contribution is -2.49. The van der Waals surface area contributed by atoms with Gasteiger partial charge in [-0.05, 0) is 50.1 Å². The number of hydrogen-bond donors (Lipinski definition) is 1. The first-order valence-corrected chi connectivity index (χ1v) is 11.4. The molecular weight excluding hydrogens is 412 g/mol. The van der Waals surface area contributed by atoms with Gasteiger partial charge in [-0.25, -0.2) is 13.8 Å². The number of nitrogens with zero attached hydrogens (tertiary/aromatic N) is 2. The van der Waals surface area contributed by atoms with Gasteiger partial charge in [0.2, 0.25) is 0 Å². The van der Waals surface area contributed by atoms with Gasteiger partial charge < -0.3 is 5.32 Å². The van der Waals surface area contributed by atoms with Crippen molar-refractivity contribution in [1.82, 2.24) is 10.3 Å². The molecule has 8 heteroatoms. The maximum Gasteiger partial charge on any atom is 0.261 e. The van der Waals surface area contributed by atoms with Crippen molar-refractivity contribution >= 4 is 34.5 Å². The highest BCUT2D eigenvalue weighted by Crippen LogP contribution is 2.55. The van der Waals surface area contributed by atoms with E-state index in [0.29, 0.717) is 11.5 Å². The molecule has 0 saturated carbocycles. The molecule has 0 bridgehead atoms. The van der Waals surface area contributed by atoms with Gasteiger partial charge in [0, 0.05) is 21.8 Å². The van der Waals surface area contributed by atoms with Gasteiger partial charge in [-0.2, -0.15) is 5.10 Å². The van der Waals surface area contributed by atoms with Gasteiger partial charge in [-0.1, -0.05) is 30.0 Å². The number of carbonyl (C=O) groups is 1. The number of nitrogens with one attached hydrogen (secondary N) is 1. The largest absolute Gasteiger partial charge is 0.306 e. The zero-order valence-electron chi connectivity index (χ0n) is 15.5. The first-order valence-electron chi connectivity index (χ1n) is 9.61. The molecule has 2 aromatic carbocycles. The molecule has 3 heterocycles.